The van der Waals surface area contributed by atoms with Crippen LogP contribution in [0.15, 0.2) is 42.5 Å². The second-order valence-electron chi connectivity index (χ2n) is 3.62. The van der Waals surface area contributed by atoms with Gasteiger partial charge in [0.15, 0.2) is 0 Å². The third-order valence-corrected chi connectivity index (χ3v) is 2.73. The first-order chi connectivity index (χ1) is 6.31. The average Bonchev–Trinajstić information content (AvgIpc) is 2.59. The van der Waals surface area contributed by atoms with E-state index < -0.39 is 0 Å². The lowest BCUT2D eigenvalue weighted by molar-refractivity contribution is 0.843. The molecule has 66 valence electrons. The Morgan fingerprint density at radius 3 is 2.85 bits per heavy atom. The molecule has 0 saturated heterocycles. The largest absolute Gasteiger partial charge is 0.102 e. The highest BCUT2D eigenvalue weighted by atomic mass is 14.2. The molecule has 0 heterocycles. The van der Waals surface area contributed by atoms with Crippen LogP contribution in [-0.4, -0.2) is 0 Å². The summed E-state index contributed by atoms with van der Waals surface area (Å²) in [5.41, 5.74) is 4.31. The molecule has 0 spiro atoms. The van der Waals surface area contributed by atoms with Crippen LogP contribution in [0.4, 0.5) is 0 Å². The van der Waals surface area contributed by atoms with Crippen molar-refractivity contribution in [3.05, 3.63) is 53.6 Å². The summed E-state index contributed by atoms with van der Waals surface area (Å²) < 4.78 is 0. The fourth-order valence-corrected chi connectivity index (χ4v) is 1.75. The van der Waals surface area contributed by atoms with Gasteiger partial charge < -0.3 is 0 Å². The van der Waals surface area contributed by atoms with Crippen LogP contribution < -0.4 is 0 Å². The maximum atomic E-state index is 3.83. The van der Waals surface area contributed by atoms with Gasteiger partial charge in [0.1, 0.15) is 0 Å². The lowest BCUT2D eigenvalue weighted by Gasteiger charge is -2.05. The topological polar surface area (TPSA) is 0 Å². The molecule has 0 aromatic heterocycles. The van der Waals surface area contributed by atoms with Crippen LogP contribution >= 0.6 is 0 Å². The number of allylic oxidation sites excluding steroid dienone is 2. The van der Waals surface area contributed by atoms with Crippen molar-refractivity contribution in [2.75, 3.05) is 0 Å². The highest BCUT2D eigenvalue weighted by Crippen LogP contribution is 2.29. The molecular formula is C13H14. The second kappa shape index (κ2) is 3.21. The van der Waals surface area contributed by atoms with E-state index in [9.17, 15) is 0 Å². The Morgan fingerprint density at radius 1 is 1.38 bits per heavy atom. The molecule has 0 radical (unpaired) electrons. The van der Waals surface area contributed by atoms with Gasteiger partial charge in [-0.2, -0.15) is 0 Å². The highest BCUT2D eigenvalue weighted by Gasteiger charge is 2.14. The van der Waals surface area contributed by atoms with Crippen LogP contribution in [-0.2, 0) is 6.42 Å². The number of hydrogen-bond acceptors (Lipinski definition) is 0. The van der Waals surface area contributed by atoms with Crippen LogP contribution in [0.5, 0.6) is 0 Å². The van der Waals surface area contributed by atoms with Crippen molar-refractivity contribution in [1.29, 1.82) is 0 Å². The molecule has 2 rings (SSSR count). The lowest BCUT2D eigenvalue weighted by Crippen LogP contribution is -1.94. The third-order valence-electron chi connectivity index (χ3n) is 2.73. The molecule has 0 N–H and O–H groups in total. The zero-order valence-electron chi connectivity index (χ0n) is 7.96. The van der Waals surface area contributed by atoms with Crippen LogP contribution in [0.3, 0.4) is 0 Å². The molecule has 0 fully saturated rings. The van der Waals surface area contributed by atoms with E-state index in [2.05, 4.69) is 43.8 Å². The molecule has 0 amide bonds. The predicted octanol–water partition coefficient (Wildman–Crippen LogP) is 3.45. The van der Waals surface area contributed by atoms with Crippen molar-refractivity contribution < 1.29 is 0 Å². The second-order valence-corrected chi connectivity index (χ2v) is 3.62. The first-order valence-electron chi connectivity index (χ1n) is 4.72. The summed E-state index contributed by atoms with van der Waals surface area (Å²) >= 11 is 0. The maximum absolute atomic E-state index is 3.83. The summed E-state index contributed by atoms with van der Waals surface area (Å²) in [5, 5.41) is 0. The molecule has 1 aromatic rings. The van der Waals surface area contributed by atoms with E-state index in [1.165, 1.54) is 16.7 Å². The number of hydrogen-bond donors (Lipinski definition) is 0. The number of fused-ring (bicyclic) bond motifs is 1. The van der Waals surface area contributed by atoms with Gasteiger partial charge in [0.25, 0.3) is 0 Å². The van der Waals surface area contributed by atoms with Gasteiger partial charge in [-0.05, 0) is 23.5 Å². The van der Waals surface area contributed by atoms with Crippen molar-refractivity contribution >= 4 is 6.08 Å². The van der Waals surface area contributed by atoms with Gasteiger partial charge in [-0.3, -0.25) is 0 Å². The van der Waals surface area contributed by atoms with Crippen LogP contribution in [0.1, 0.15) is 18.1 Å². The van der Waals surface area contributed by atoms with Gasteiger partial charge in [0, 0.05) is 0 Å². The average molecular weight is 170 g/mol. The molecule has 13 heavy (non-hydrogen) atoms. The summed E-state index contributed by atoms with van der Waals surface area (Å²) in [7, 11) is 0. The molecule has 0 unspecified atom stereocenters. The summed E-state index contributed by atoms with van der Waals surface area (Å²) in [6.45, 7) is 6.03. The van der Waals surface area contributed by atoms with E-state index in [1.54, 1.807) is 0 Å². The van der Waals surface area contributed by atoms with Crippen LogP contribution in [0, 0.1) is 5.92 Å². The first-order valence-corrected chi connectivity index (χ1v) is 4.72. The Kier molecular flexibility index (Phi) is 2.05. The molecule has 0 aliphatic heterocycles. The Morgan fingerprint density at radius 2 is 2.15 bits per heavy atom. The molecule has 0 heteroatoms. The molecule has 0 bridgehead atoms. The summed E-state index contributed by atoms with van der Waals surface area (Å²) in [4.78, 5) is 0. The molecule has 0 saturated carbocycles. The van der Waals surface area contributed by atoms with E-state index in [1.807, 2.05) is 6.08 Å². The summed E-state index contributed by atoms with van der Waals surface area (Å²) in [6.07, 6.45) is 5.41. The first kappa shape index (κ1) is 8.31. The smallest absolute Gasteiger partial charge is 0.00477 e. The molecule has 0 nitrogen and oxygen atoms in total. The highest BCUT2D eigenvalue weighted by molar-refractivity contribution is 5.64. The Hall–Kier alpha value is -1.30. The minimum absolute atomic E-state index is 0.507. The van der Waals surface area contributed by atoms with Crippen molar-refractivity contribution in [3.8, 4) is 0 Å². The van der Waals surface area contributed by atoms with Crippen molar-refractivity contribution in [3.63, 3.8) is 0 Å². The Bertz CT molecular complexity index is 358. The van der Waals surface area contributed by atoms with Gasteiger partial charge in [0.2, 0.25) is 0 Å². The van der Waals surface area contributed by atoms with E-state index in [0.29, 0.717) is 5.92 Å². The van der Waals surface area contributed by atoms with E-state index in [4.69, 9.17) is 0 Å². The summed E-state index contributed by atoms with van der Waals surface area (Å²) in [6, 6.07) is 8.58. The van der Waals surface area contributed by atoms with Gasteiger partial charge >= 0.3 is 0 Å². The zero-order chi connectivity index (χ0) is 9.26. The molecule has 1 atom stereocenters. The normalized spacial score (nSPS) is 16.2. The standard InChI is InChI=1S/C13H14/c1-3-10(2)13-8-11-6-4-5-7-12(11)9-13/h3-8,10H,1,9H2,2H3/t10-/m1/s1. The van der Waals surface area contributed by atoms with E-state index in [-0.39, 0.29) is 0 Å². The van der Waals surface area contributed by atoms with Gasteiger partial charge in [-0.1, -0.05) is 48.9 Å². The van der Waals surface area contributed by atoms with Crippen molar-refractivity contribution in [2.24, 2.45) is 5.92 Å². The Labute approximate surface area is 79.6 Å². The lowest BCUT2D eigenvalue weighted by atomic mass is 10.00. The molecule has 1 aliphatic rings. The minimum atomic E-state index is 0.507. The summed E-state index contributed by atoms with van der Waals surface area (Å²) in [5.74, 6) is 0.507. The van der Waals surface area contributed by atoms with Crippen LogP contribution in [0.25, 0.3) is 6.08 Å². The van der Waals surface area contributed by atoms with Gasteiger partial charge in [-0.25, -0.2) is 0 Å². The maximum Gasteiger partial charge on any atom is -0.00477 e. The van der Waals surface area contributed by atoms with E-state index >= 15 is 0 Å². The minimum Gasteiger partial charge on any atom is -0.102 e. The van der Waals surface area contributed by atoms with Gasteiger partial charge in [-0.15, -0.1) is 6.58 Å². The Balaban J connectivity index is 2.30. The zero-order valence-corrected chi connectivity index (χ0v) is 7.96. The third kappa shape index (κ3) is 1.44. The van der Waals surface area contributed by atoms with Crippen molar-refractivity contribution in [1.82, 2.24) is 0 Å². The quantitative estimate of drug-likeness (QED) is 0.596. The number of benzene rings is 1. The van der Waals surface area contributed by atoms with Crippen LogP contribution in [0.2, 0.25) is 0 Å². The fraction of sp³-hybridized carbons (Fsp3) is 0.231. The van der Waals surface area contributed by atoms with Gasteiger partial charge in [0.05, 0.1) is 0 Å². The predicted molar refractivity (Wildman–Crippen MR) is 57.5 cm³/mol. The number of rotatable bonds is 2. The fourth-order valence-electron chi connectivity index (χ4n) is 1.75. The van der Waals surface area contributed by atoms with Crippen molar-refractivity contribution in [2.45, 2.75) is 13.3 Å². The molecular weight excluding hydrogens is 156 g/mol. The molecule has 1 aliphatic carbocycles. The molecule has 1 aromatic carbocycles. The monoisotopic (exact) mass is 170 g/mol. The SMILES string of the molecule is C=C[C@@H](C)C1=Cc2ccccc2C1. The van der Waals surface area contributed by atoms with E-state index in [0.717, 1.165) is 6.42 Å².